The summed E-state index contributed by atoms with van der Waals surface area (Å²) in [4.78, 5) is 4.20. The van der Waals surface area contributed by atoms with E-state index in [1.54, 1.807) is 7.11 Å². The highest BCUT2D eigenvalue weighted by Crippen LogP contribution is 2.14. The van der Waals surface area contributed by atoms with E-state index in [4.69, 9.17) is 10.00 Å². The number of nitrogens with one attached hydrogen (secondary N) is 1. The lowest BCUT2D eigenvalue weighted by atomic mass is 10.2. The lowest BCUT2D eigenvalue weighted by Crippen LogP contribution is -2.00. The molecule has 0 aliphatic rings. The van der Waals surface area contributed by atoms with E-state index in [1.165, 1.54) is 6.20 Å². The van der Waals surface area contributed by atoms with Crippen molar-refractivity contribution in [2.75, 3.05) is 7.11 Å². The number of hydrogen-bond acceptors (Lipinski definition) is 4. The maximum absolute atomic E-state index is 8.75. The topological polar surface area (TPSA) is 74.1 Å². The molecule has 1 N–H and O–H groups in total. The lowest BCUT2D eigenvalue weighted by molar-refractivity contribution is 0.388. The van der Waals surface area contributed by atoms with Crippen molar-refractivity contribution < 1.29 is 4.74 Å². The fourth-order valence-corrected chi connectivity index (χ4v) is 1.10. The molecule has 80 valence electrons. The van der Waals surface area contributed by atoms with Crippen molar-refractivity contribution in [1.82, 2.24) is 10.2 Å². The molecule has 1 aromatic rings. The van der Waals surface area contributed by atoms with Gasteiger partial charge in [-0.05, 0) is 6.42 Å². The van der Waals surface area contributed by atoms with Crippen LogP contribution in [-0.4, -0.2) is 23.2 Å². The second-order valence-corrected chi connectivity index (χ2v) is 3.06. The molecule has 5 nitrogen and oxygen atoms in total. The number of rotatable bonds is 4. The lowest BCUT2D eigenvalue weighted by Gasteiger charge is -2.02. The Labute approximate surface area is 88.8 Å². The van der Waals surface area contributed by atoms with Gasteiger partial charge in [-0.3, -0.25) is 5.10 Å². The molecular weight excluding hydrogens is 192 g/mol. The van der Waals surface area contributed by atoms with Gasteiger partial charge in [0.1, 0.15) is 11.6 Å². The van der Waals surface area contributed by atoms with Gasteiger partial charge in [-0.1, -0.05) is 13.3 Å². The summed E-state index contributed by atoms with van der Waals surface area (Å²) in [6, 6.07) is 2.00. The van der Waals surface area contributed by atoms with E-state index in [2.05, 4.69) is 22.1 Å². The first kappa shape index (κ1) is 11.2. The highest BCUT2D eigenvalue weighted by Gasteiger charge is 2.05. The Morgan fingerprint density at radius 3 is 3.13 bits per heavy atom. The minimum atomic E-state index is 0.432. The van der Waals surface area contributed by atoms with Crippen LogP contribution < -0.4 is 0 Å². The average molecular weight is 206 g/mol. The van der Waals surface area contributed by atoms with E-state index in [9.17, 15) is 0 Å². The summed E-state index contributed by atoms with van der Waals surface area (Å²) in [6.45, 7) is 2.10. The van der Waals surface area contributed by atoms with E-state index in [0.717, 1.165) is 19.3 Å². The number of aromatic nitrogens is 2. The first-order valence-corrected chi connectivity index (χ1v) is 4.86. The summed E-state index contributed by atoms with van der Waals surface area (Å²) in [5.41, 5.74) is 0.432. The van der Waals surface area contributed by atoms with Crippen molar-refractivity contribution in [3.8, 4) is 6.07 Å². The van der Waals surface area contributed by atoms with Gasteiger partial charge < -0.3 is 4.74 Å². The Bertz CT molecular complexity index is 375. The maximum Gasteiger partial charge on any atom is 0.189 e. The zero-order valence-corrected chi connectivity index (χ0v) is 8.95. The molecule has 0 aromatic carbocycles. The number of hydrogen-bond donors (Lipinski definition) is 1. The van der Waals surface area contributed by atoms with Crippen LogP contribution in [0.4, 0.5) is 5.82 Å². The Hall–Kier alpha value is -1.83. The van der Waals surface area contributed by atoms with Gasteiger partial charge in [0.25, 0.3) is 0 Å². The summed E-state index contributed by atoms with van der Waals surface area (Å²) in [7, 11) is 1.58. The van der Waals surface area contributed by atoms with E-state index in [0.29, 0.717) is 17.3 Å². The molecule has 15 heavy (non-hydrogen) atoms. The van der Waals surface area contributed by atoms with Crippen LogP contribution >= 0.6 is 0 Å². The van der Waals surface area contributed by atoms with Crippen LogP contribution in [0.1, 0.15) is 31.7 Å². The number of nitrogens with zero attached hydrogens (tertiary/aromatic N) is 3. The first-order chi connectivity index (χ1) is 7.31. The van der Waals surface area contributed by atoms with Gasteiger partial charge in [0, 0.05) is 6.42 Å². The Morgan fingerprint density at radius 1 is 1.73 bits per heavy atom. The molecule has 0 spiro atoms. The van der Waals surface area contributed by atoms with Gasteiger partial charge in [-0.2, -0.15) is 15.4 Å². The summed E-state index contributed by atoms with van der Waals surface area (Å²) >= 11 is 0. The van der Waals surface area contributed by atoms with Gasteiger partial charge in [0.15, 0.2) is 11.7 Å². The van der Waals surface area contributed by atoms with Crippen LogP contribution in [0.5, 0.6) is 0 Å². The second kappa shape index (κ2) is 5.81. The quantitative estimate of drug-likeness (QED) is 0.605. The monoisotopic (exact) mass is 206 g/mol. The zero-order chi connectivity index (χ0) is 11.1. The van der Waals surface area contributed by atoms with Crippen molar-refractivity contribution >= 4 is 11.7 Å². The molecule has 1 aromatic heterocycles. The van der Waals surface area contributed by atoms with Crippen LogP contribution in [0.3, 0.4) is 0 Å². The largest absolute Gasteiger partial charge is 0.484 e. The molecule has 0 aliphatic heterocycles. The predicted molar refractivity (Wildman–Crippen MR) is 56.9 cm³/mol. The number of H-pyrrole nitrogens is 1. The Morgan fingerprint density at radius 2 is 2.53 bits per heavy atom. The SMILES string of the molecule is CCCCC(=Nc1[nH]ncc1C#N)OC. The zero-order valence-electron chi connectivity index (χ0n) is 8.95. The standard InChI is InChI=1S/C10H14N4O/c1-3-4-5-9(15-2)13-10-8(6-11)7-12-14-10/h7H,3-5H2,1-2H3,(H,12,14). The van der Waals surface area contributed by atoms with Gasteiger partial charge in [0.2, 0.25) is 0 Å². The summed E-state index contributed by atoms with van der Waals surface area (Å²) in [5, 5.41) is 15.2. The summed E-state index contributed by atoms with van der Waals surface area (Å²) in [6.07, 6.45) is 4.32. The molecule has 0 unspecified atom stereocenters. The number of nitriles is 1. The van der Waals surface area contributed by atoms with Crippen LogP contribution in [-0.2, 0) is 4.74 Å². The average Bonchev–Trinajstić information content (AvgIpc) is 2.71. The van der Waals surface area contributed by atoms with E-state index in [1.807, 2.05) is 6.07 Å². The smallest absolute Gasteiger partial charge is 0.189 e. The number of methoxy groups -OCH3 is 1. The molecule has 1 rings (SSSR count). The van der Waals surface area contributed by atoms with Gasteiger partial charge in [-0.15, -0.1) is 0 Å². The van der Waals surface area contributed by atoms with E-state index < -0.39 is 0 Å². The van der Waals surface area contributed by atoms with Gasteiger partial charge in [0.05, 0.1) is 13.3 Å². The molecule has 0 saturated carbocycles. The number of aliphatic imine (C=N–C) groups is 1. The number of unbranched alkanes of at least 4 members (excludes halogenated alkanes) is 1. The van der Waals surface area contributed by atoms with Crippen LogP contribution in [0.15, 0.2) is 11.2 Å². The van der Waals surface area contributed by atoms with Crippen LogP contribution in [0.2, 0.25) is 0 Å². The van der Waals surface area contributed by atoms with Crippen molar-refractivity contribution in [3.63, 3.8) is 0 Å². The van der Waals surface area contributed by atoms with E-state index in [-0.39, 0.29) is 0 Å². The molecule has 0 saturated heterocycles. The van der Waals surface area contributed by atoms with Crippen molar-refractivity contribution in [3.05, 3.63) is 11.8 Å². The third-order valence-electron chi connectivity index (χ3n) is 1.96. The van der Waals surface area contributed by atoms with Gasteiger partial charge in [-0.25, -0.2) is 0 Å². The number of aromatic amines is 1. The summed E-state index contributed by atoms with van der Waals surface area (Å²) in [5.74, 6) is 1.09. The molecule has 1 heterocycles. The Balaban J connectivity index is 2.79. The molecule has 5 heteroatoms. The van der Waals surface area contributed by atoms with Crippen LogP contribution in [0, 0.1) is 11.3 Å². The van der Waals surface area contributed by atoms with Crippen LogP contribution in [0.25, 0.3) is 0 Å². The fourth-order valence-electron chi connectivity index (χ4n) is 1.10. The minimum Gasteiger partial charge on any atom is -0.484 e. The summed E-state index contributed by atoms with van der Waals surface area (Å²) < 4.78 is 5.12. The molecule has 0 atom stereocenters. The van der Waals surface area contributed by atoms with Crippen molar-refractivity contribution in [2.24, 2.45) is 4.99 Å². The maximum atomic E-state index is 8.75. The normalized spacial score (nSPS) is 11.1. The fraction of sp³-hybridized carbons (Fsp3) is 0.500. The number of ether oxygens (including phenoxy) is 1. The van der Waals surface area contributed by atoms with Gasteiger partial charge >= 0.3 is 0 Å². The third-order valence-corrected chi connectivity index (χ3v) is 1.96. The second-order valence-electron chi connectivity index (χ2n) is 3.06. The van der Waals surface area contributed by atoms with E-state index >= 15 is 0 Å². The molecule has 0 amide bonds. The highest BCUT2D eigenvalue weighted by atomic mass is 16.5. The highest BCUT2D eigenvalue weighted by molar-refractivity contribution is 5.79. The molecule has 0 bridgehead atoms. The van der Waals surface area contributed by atoms with Crippen molar-refractivity contribution in [1.29, 1.82) is 5.26 Å². The van der Waals surface area contributed by atoms with Crippen molar-refractivity contribution in [2.45, 2.75) is 26.2 Å². The molecule has 0 radical (unpaired) electrons. The Kier molecular flexibility index (Phi) is 4.35. The molecule has 0 fully saturated rings. The third kappa shape index (κ3) is 3.09. The first-order valence-electron chi connectivity index (χ1n) is 4.86. The predicted octanol–water partition coefficient (Wildman–Crippen LogP) is 2.15. The minimum absolute atomic E-state index is 0.432. The molecular formula is C10H14N4O. The molecule has 0 aliphatic carbocycles.